The van der Waals surface area contributed by atoms with Crippen LogP contribution in [0.1, 0.15) is 15.9 Å². The van der Waals surface area contributed by atoms with Crippen molar-refractivity contribution in [2.24, 2.45) is 5.10 Å². The van der Waals surface area contributed by atoms with Gasteiger partial charge in [-0.2, -0.15) is 5.10 Å². The molecule has 0 aromatic heterocycles. The molecule has 0 bridgehead atoms. The zero-order valence-corrected chi connectivity index (χ0v) is 16.4. The quantitative estimate of drug-likeness (QED) is 0.320. The maximum atomic E-state index is 12.0. The number of hydrogen-bond donors (Lipinski definition) is 1. The van der Waals surface area contributed by atoms with Crippen molar-refractivity contribution >= 4 is 35.1 Å². The van der Waals surface area contributed by atoms with Crippen LogP contribution in [-0.2, 0) is 0 Å². The van der Waals surface area contributed by atoms with Crippen molar-refractivity contribution in [2.45, 2.75) is 0 Å². The van der Waals surface area contributed by atoms with Gasteiger partial charge in [-0.3, -0.25) is 25.0 Å². The van der Waals surface area contributed by atoms with Crippen LogP contribution in [0, 0.1) is 20.2 Å². The fourth-order valence-corrected chi connectivity index (χ4v) is 2.65. The summed E-state index contributed by atoms with van der Waals surface area (Å²) in [6, 6.07) is 15.8. The van der Waals surface area contributed by atoms with Crippen LogP contribution in [0.5, 0.6) is 11.5 Å². The van der Waals surface area contributed by atoms with Gasteiger partial charge in [-0.05, 0) is 54.1 Å². The highest BCUT2D eigenvalue weighted by atomic mass is 35.5. The zero-order chi connectivity index (χ0) is 22.4. The highest BCUT2D eigenvalue weighted by molar-refractivity contribution is 6.30. The summed E-state index contributed by atoms with van der Waals surface area (Å²) in [5.74, 6) is -0.285. The number of halogens is 1. The lowest BCUT2D eigenvalue weighted by atomic mass is 10.2. The van der Waals surface area contributed by atoms with Crippen LogP contribution < -0.4 is 10.2 Å². The number of nitro benzene ring substituents is 2. The molecule has 0 saturated carbocycles. The lowest BCUT2D eigenvalue weighted by molar-refractivity contribution is -0.394. The Morgan fingerprint density at radius 1 is 1.00 bits per heavy atom. The summed E-state index contributed by atoms with van der Waals surface area (Å²) in [6.45, 7) is 0. The molecule has 0 unspecified atom stereocenters. The summed E-state index contributed by atoms with van der Waals surface area (Å²) in [4.78, 5) is 32.5. The standard InChI is InChI=1S/C20H13ClN4O6/c21-15-3-1-2-14(10-15)20(26)23-22-12-13-4-7-17(8-5-13)31-19-9-6-16(24(27)28)11-18(19)25(29)30/h1-12H,(H,23,26)/b22-12+. The van der Waals surface area contributed by atoms with Crippen molar-refractivity contribution < 1.29 is 19.4 Å². The molecular weight excluding hydrogens is 428 g/mol. The van der Waals surface area contributed by atoms with E-state index in [1.165, 1.54) is 24.4 Å². The molecule has 156 valence electrons. The van der Waals surface area contributed by atoms with Crippen LogP contribution in [-0.4, -0.2) is 22.0 Å². The average Bonchev–Trinajstić information content (AvgIpc) is 2.75. The molecule has 31 heavy (non-hydrogen) atoms. The van der Waals surface area contributed by atoms with Crippen LogP contribution in [0.15, 0.2) is 71.8 Å². The van der Waals surface area contributed by atoms with Crippen LogP contribution in [0.4, 0.5) is 11.4 Å². The number of hydrogen-bond acceptors (Lipinski definition) is 7. The number of nitrogens with one attached hydrogen (secondary N) is 1. The van der Waals surface area contributed by atoms with E-state index >= 15 is 0 Å². The van der Waals surface area contributed by atoms with Gasteiger partial charge in [0.25, 0.3) is 11.6 Å². The zero-order valence-electron chi connectivity index (χ0n) is 15.6. The first-order valence-electron chi connectivity index (χ1n) is 8.63. The van der Waals surface area contributed by atoms with Crippen molar-refractivity contribution in [3.63, 3.8) is 0 Å². The Kier molecular flexibility index (Phi) is 6.53. The van der Waals surface area contributed by atoms with Crippen LogP contribution in [0.2, 0.25) is 5.02 Å². The van der Waals surface area contributed by atoms with E-state index in [1.54, 1.807) is 30.3 Å². The minimum Gasteiger partial charge on any atom is -0.450 e. The molecule has 0 heterocycles. The first kappa shape index (κ1) is 21.4. The summed E-state index contributed by atoms with van der Waals surface area (Å²) < 4.78 is 5.48. The largest absolute Gasteiger partial charge is 0.450 e. The number of carbonyl (C=O) groups is 1. The minimum absolute atomic E-state index is 0.134. The number of carbonyl (C=O) groups excluding carboxylic acids is 1. The van der Waals surface area contributed by atoms with Crippen LogP contribution in [0.3, 0.4) is 0 Å². The lowest BCUT2D eigenvalue weighted by Crippen LogP contribution is -2.17. The predicted molar refractivity (Wildman–Crippen MR) is 113 cm³/mol. The predicted octanol–water partition coefficient (Wildman–Crippen LogP) is 4.71. The van der Waals surface area contributed by atoms with E-state index in [9.17, 15) is 25.0 Å². The first-order chi connectivity index (χ1) is 14.8. The third-order valence-electron chi connectivity index (χ3n) is 3.92. The SMILES string of the molecule is O=C(N/N=C/c1ccc(Oc2ccc([N+](=O)[O-])cc2[N+](=O)[O-])cc1)c1cccc(Cl)c1. The Morgan fingerprint density at radius 2 is 1.74 bits per heavy atom. The number of rotatable bonds is 7. The molecule has 3 aromatic rings. The van der Waals surface area contributed by atoms with E-state index in [0.29, 0.717) is 16.1 Å². The summed E-state index contributed by atoms with van der Waals surface area (Å²) in [7, 11) is 0. The number of non-ortho nitro benzene ring substituents is 1. The third-order valence-corrected chi connectivity index (χ3v) is 4.16. The summed E-state index contributed by atoms with van der Waals surface area (Å²) in [5.41, 5.74) is 2.42. The number of nitrogens with zero attached hydrogens (tertiary/aromatic N) is 3. The normalized spacial score (nSPS) is 10.6. The molecule has 0 radical (unpaired) electrons. The Bertz CT molecular complexity index is 1180. The van der Waals surface area contributed by atoms with E-state index in [1.807, 2.05) is 0 Å². The monoisotopic (exact) mass is 440 g/mol. The van der Waals surface area contributed by atoms with Crippen molar-refractivity contribution in [1.82, 2.24) is 5.43 Å². The molecule has 10 nitrogen and oxygen atoms in total. The number of nitro groups is 2. The van der Waals surface area contributed by atoms with E-state index in [0.717, 1.165) is 18.2 Å². The van der Waals surface area contributed by atoms with Gasteiger partial charge in [0.1, 0.15) is 5.75 Å². The molecule has 0 fully saturated rings. The lowest BCUT2D eigenvalue weighted by Gasteiger charge is -2.06. The highest BCUT2D eigenvalue weighted by Crippen LogP contribution is 2.34. The molecule has 0 aliphatic carbocycles. The van der Waals surface area contributed by atoms with E-state index in [-0.39, 0.29) is 11.5 Å². The molecule has 1 amide bonds. The molecule has 0 aliphatic rings. The van der Waals surface area contributed by atoms with Gasteiger partial charge < -0.3 is 4.74 Å². The fraction of sp³-hybridized carbons (Fsp3) is 0. The number of hydrazone groups is 1. The Labute approximate surface area is 180 Å². The second-order valence-corrected chi connectivity index (χ2v) is 6.48. The fourth-order valence-electron chi connectivity index (χ4n) is 2.46. The first-order valence-corrected chi connectivity index (χ1v) is 9.01. The average molecular weight is 441 g/mol. The molecule has 11 heteroatoms. The second-order valence-electron chi connectivity index (χ2n) is 6.05. The van der Waals surface area contributed by atoms with Gasteiger partial charge in [0, 0.05) is 16.7 Å². The smallest absolute Gasteiger partial charge is 0.318 e. The van der Waals surface area contributed by atoms with Gasteiger partial charge in [-0.25, -0.2) is 5.43 Å². The Morgan fingerprint density at radius 3 is 2.39 bits per heavy atom. The highest BCUT2D eigenvalue weighted by Gasteiger charge is 2.21. The van der Waals surface area contributed by atoms with Gasteiger partial charge in [0.15, 0.2) is 0 Å². The molecule has 3 aromatic carbocycles. The van der Waals surface area contributed by atoms with Gasteiger partial charge in [0.2, 0.25) is 5.75 Å². The molecule has 1 N–H and O–H groups in total. The molecule has 0 aliphatic heterocycles. The third kappa shape index (κ3) is 5.61. The number of amides is 1. The van der Waals surface area contributed by atoms with Crippen molar-refractivity contribution in [3.05, 3.63) is 103 Å². The topological polar surface area (TPSA) is 137 Å². The maximum Gasteiger partial charge on any atom is 0.318 e. The summed E-state index contributed by atoms with van der Waals surface area (Å²) in [5, 5.41) is 26.3. The van der Waals surface area contributed by atoms with Gasteiger partial charge in [-0.15, -0.1) is 0 Å². The Balaban J connectivity index is 1.67. The van der Waals surface area contributed by atoms with E-state index in [4.69, 9.17) is 16.3 Å². The van der Waals surface area contributed by atoms with Gasteiger partial charge in [0.05, 0.1) is 22.1 Å². The second kappa shape index (κ2) is 9.46. The van der Waals surface area contributed by atoms with Gasteiger partial charge in [-0.1, -0.05) is 17.7 Å². The number of benzene rings is 3. The molecule has 3 rings (SSSR count). The summed E-state index contributed by atoms with van der Waals surface area (Å²) in [6.07, 6.45) is 1.40. The van der Waals surface area contributed by atoms with Crippen LogP contribution >= 0.6 is 11.6 Å². The van der Waals surface area contributed by atoms with Crippen molar-refractivity contribution in [1.29, 1.82) is 0 Å². The molecule has 0 atom stereocenters. The van der Waals surface area contributed by atoms with E-state index < -0.39 is 27.1 Å². The van der Waals surface area contributed by atoms with Crippen LogP contribution in [0.25, 0.3) is 0 Å². The summed E-state index contributed by atoms with van der Waals surface area (Å²) >= 11 is 5.84. The van der Waals surface area contributed by atoms with Crippen molar-refractivity contribution in [2.75, 3.05) is 0 Å². The molecular formula is C20H13ClN4O6. The number of ether oxygens (including phenoxy) is 1. The Hall–Kier alpha value is -4.31. The van der Waals surface area contributed by atoms with Gasteiger partial charge >= 0.3 is 5.69 Å². The maximum absolute atomic E-state index is 12.0. The minimum atomic E-state index is -0.758. The molecule has 0 saturated heterocycles. The van der Waals surface area contributed by atoms with Crippen molar-refractivity contribution in [3.8, 4) is 11.5 Å². The molecule has 0 spiro atoms. The van der Waals surface area contributed by atoms with E-state index in [2.05, 4.69) is 10.5 Å².